The third-order valence-electron chi connectivity index (χ3n) is 5.53. The molecule has 0 aliphatic rings. The number of methoxy groups -OCH3 is 2. The number of amides is 1. The van der Waals surface area contributed by atoms with E-state index in [0.29, 0.717) is 55.2 Å². The lowest BCUT2D eigenvalue weighted by Crippen LogP contribution is -2.16. The van der Waals surface area contributed by atoms with Gasteiger partial charge in [0.1, 0.15) is 28.7 Å². The smallest absolute Gasteiger partial charge is 0.341 e. The Bertz CT molecular complexity index is 1470. The van der Waals surface area contributed by atoms with Crippen molar-refractivity contribution < 1.29 is 23.8 Å². The van der Waals surface area contributed by atoms with Crippen LogP contribution in [0.1, 0.15) is 23.1 Å². The van der Waals surface area contributed by atoms with Crippen LogP contribution in [0.3, 0.4) is 0 Å². The minimum absolute atomic E-state index is 0.0540. The molecule has 0 unspecified atom stereocenters. The second-order valence-corrected chi connectivity index (χ2v) is 10.6. The highest BCUT2D eigenvalue weighted by atomic mass is 35.5. The Morgan fingerprint density at radius 2 is 1.87 bits per heavy atom. The highest BCUT2D eigenvalue weighted by Crippen LogP contribution is 2.37. The van der Waals surface area contributed by atoms with Gasteiger partial charge in [0.2, 0.25) is 5.91 Å². The van der Waals surface area contributed by atoms with Gasteiger partial charge in [-0.05, 0) is 42.8 Å². The Balaban J connectivity index is 1.43. The number of thioether (sulfide) groups is 1. The number of carbonyl (C=O) groups is 2. The van der Waals surface area contributed by atoms with Crippen molar-refractivity contribution in [3.63, 3.8) is 0 Å². The van der Waals surface area contributed by atoms with Crippen molar-refractivity contribution in [3.8, 4) is 22.6 Å². The molecule has 4 rings (SSSR count). The van der Waals surface area contributed by atoms with Gasteiger partial charge >= 0.3 is 5.97 Å². The van der Waals surface area contributed by atoms with Crippen LogP contribution in [0, 0.1) is 0 Å². The number of anilines is 1. The third kappa shape index (κ3) is 6.85. The molecule has 4 aromatic rings. The summed E-state index contributed by atoms with van der Waals surface area (Å²) in [5.41, 5.74) is 1.75. The standard InChI is InChI=1S/C26H24Cl2N4O5S2/c1-4-32-21(12-37-20-10-7-16(27)11-19(20)28)30-31-26(32)39-14-22(33)29-24-23(25(34)36-3)18(13-38-24)15-5-8-17(35-2)9-6-15/h5-11,13H,4,12,14H2,1-3H3,(H,29,33). The molecule has 1 amide bonds. The summed E-state index contributed by atoms with van der Waals surface area (Å²) in [6.45, 7) is 2.66. The molecule has 39 heavy (non-hydrogen) atoms. The first kappa shape index (κ1) is 28.8. The van der Waals surface area contributed by atoms with Crippen molar-refractivity contribution in [3.05, 3.63) is 69.3 Å². The molecule has 9 nitrogen and oxygen atoms in total. The van der Waals surface area contributed by atoms with Crippen LogP contribution in [0.4, 0.5) is 5.00 Å². The van der Waals surface area contributed by atoms with E-state index in [2.05, 4.69) is 15.5 Å². The fourth-order valence-electron chi connectivity index (χ4n) is 3.62. The largest absolute Gasteiger partial charge is 0.497 e. The maximum atomic E-state index is 12.9. The van der Waals surface area contributed by atoms with Crippen LogP contribution in [-0.4, -0.2) is 46.6 Å². The zero-order valence-electron chi connectivity index (χ0n) is 21.2. The van der Waals surface area contributed by atoms with Gasteiger partial charge in [0, 0.05) is 22.5 Å². The molecular formula is C26H24Cl2N4O5S2. The number of aromatic nitrogens is 3. The number of nitrogens with zero attached hydrogens (tertiary/aromatic N) is 3. The summed E-state index contributed by atoms with van der Waals surface area (Å²) < 4.78 is 17.8. The summed E-state index contributed by atoms with van der Waals surface area (Å²) in [6, 6.07) is 12.3. The van der Waals surface area contributed by atoms with Crippen LogP contribution >= 0.6 is 46.3 Å². The number of nitrogens with one attached hydrogen (secondary N) is 1. The highest BCUT2D eigenvalue weighted by Gasteiger charge is 2.23. The summed E-state index contributed by atoms with van der Waals surface area (Å²) >= 11 is 14.6. The van der Waals surface area contributed by atoms with Gasteiger partial charge in [-0.1, -0.05) is 47.1 Å². The molecule has 2 aromatic carbocycles. The normalized spacial score (nSPS) is 10.8. The van der Waals surface area contributed by atoms with E-state index < -0.39 is 5.97 Å². The minimum atomic E-state index is -0.541. The first-order valence-corrected chi connectivity index (χ1v) is 14.2. The number of esters is 1. The van der Waals surface area contributed by atoms with Crippen LogP contribution in [0.5, 0.6) is 11.5 Å². The topological polar surface area (TPSA) is 105 Å². The average molecular weight is 608 g/mol. The quantitative estimate of drug-likeness (QED) is 0.154. The fourth-order valence-corrected chi connectivity index (χ4v) is 5.87. The van der Waals surface area contributed by atoms with Gasteiger partial charge < -0.3 is 24.1 Å². The minimum Gasteiger partial charge on any atom is -0.497 e. The molecule has 204 valence electrons. The molecule has 0 aliphatic heterocycles. The van der Waals surface area contributed by atoms with E-state index in [-0.39, 0.29) is 18.3 Å². The average Bonchev–Trinajstić information content (AvgIpc) is 3.54. The van der Waals surface area contributed by atoms with E-state index in [4.69, 9.17) is 37.4 Å². The maximum Gasteiger partial charge on any atom is 0.341 e. The van der Waals surface area contributed by atoms with Gasteiger partial charge in [-0.3, -0.25) is 4.79 Å². The Labute approximate surface area is 243 Å². The summed E-state index contributed by atoms with van der Waals surface area (Å²) in [5.74, 6) is 0.972. The van der Waals surface area contributed by atoms with Gasteiger partial charge in [-0.15, -0.1) is 21.5 Å². The van der Waals surface area contributed by atoms with E-state index in [0.717, 1.165) is 5.56 Å². The molecule has 2 heterocycles. The third-order valence-corrected chi connectivity index (χ3v) is 7.92. The Kier molecular flexibility index (Phi) is 9.73. The Morgan fingerprint density at radius 1 is 1.10 bits per heavy atom. The number of thiophene rings is 1. The van der Waals surface area contributed by atoms with Crippen LogP contribution in [0.2, 0.25) is 10.0 Å². The molecule has 0 saturated carbocycles. The van der Waals surface area contributed by atoms with E-state index in [1.165, 1.54) is 30.2 Å². The highest BCUT2D eigenvalue weighted by molar-refractivity contribution is 7.99. The van der Waals surface area contributed by atoms with Crippen molar-refractivity contribution in [1.29, 1.82) is 0 Å². The SMILES string of the molecule is CCn1c(COc2ccc(Cl)cc2Cl)nnc1SCC(=O)Nc1scc(-c2ccc(OC)cc2)c1C(=O)OC. The summed E-state index contributed by atoms with van der Waals surface area (Å²) in [5, 5.41) is 14.9. The summed E-state index contributed by atoms with van der Waals surface area (Å²) in [7, 11) is 2.89. The second-order valence-electron chi connectivity index (χ2n) is 7.92. The van der Waals surface area contributed by atoms with Crippen molar-refractivity contribution in [2.24, 2.45) is 0 Å². The fraction of sp³-hybridized carbons (Fsp3) is 0.231. The molecular weight excluding hydrogens is 583 g/mol. The number of hydrogen-bond acceptors (Lipinski definition) is 9. The predicted octanol–water partition coefficient (Wildman–Crippen LogP) is 6.44. The summed E-state index contributed by atoms with van der Waals surface area (Å²) in [6.07, 6.45) is 0. The number of hydrogen-bond donors (Lipinski definition) is 1. The molecule has 0 bridgehead atoms. The summed E-state index contributed by atoms with van der Waals surface area (Å²) in [4.78, 5) is 25.5. The van der Waals surface area contributed by atoms with Crippen LogP contribution in [-0.2, 0) is 22.7 Å². The lowest BCUT2D eigenvalue weighted by molar-refractivity contribution is -0.113. The van der Waals surface area contributed by atoms with Crippen molar-refractivity contribution in [1.82, 2.24) is 14.8 Å². The zero-order valence-corrected chi connectivity index (χ0v) is 24.3. The molecule has 0 radical (unpaired) electrons. The van der Waals surface area contributed by atoms with Crippen LogP contribution in [0.25, 0.3) is 11.1 Å². The number of rotatable bonds is 11. The Morgan fingerprint density at radius 3 is 2.54 bits per heavy atom. The molecule has 0 fully saturated rings. The van der Waals surface area contributed by atoms with E-state index in [9.17, 15) is 9.59 Å². The molecule has 2 aromatic heterocycles. The second kappa shape index (κ2) is 13.2. The zero-order chi connectivity index (χ0) is 27.9. The maximum absolute atomic E-state index is 12.9. The molecule has 0 atom stereocenters. The molecule has 1 N–H and O–H groups in total. The lowest BCUT2D eigenvalue weighted by Gasteiger charge is -2.10. The van der Waals surface area contributed by atoms with Crippen molar-refractivity contribution in [2.45, 2.75) is 25.2 Å². The van der Waals surface area contributed by atoms with Gasteiger partial charge in [0.05, 0.1) is 25.0 Å². The van der Waals surface area contributed by atoms with E-state index in [1.54, 1.807) is 37.4 Å². The molecule has 13 heteroatoms. The predicted molar refractivity (Wildman–Crippen MR) is 153 cm³/mol. The van der Waals surface area contributed by atoms with Crippen molar-refractivity contribution in [2.75, 3.05) is 25.3 Å². The van der Waals surface area contributed by atoms with Crippen molar-refractivity contribution >= 4 is 63.2 Å². The monoisotopic (exact) mass is 606 g/mol. The van der Waals surface area contributed by atoms with Crippen LogP contribution in [0.15, 0.2) is 53.0 Å². The van der Waals surface area contributed by atoms with Gasteiger partial charge in [0.25, 0.3) is 0 Å². The molecule has 0 aliphatic carbocycles. The van der Waals surface area contributed by atoms with E-state index in [1.807, 2.05) is 29.0 Å². The lowest BCUT2D eigenvalue weighted by atomic mass is 10.0. The molecule has 0 saturated heterocycles. The van der Waals surface area contributed by atoms with Gasteiger partial charge in [-0.2, -0.15) is 0 Å². The van der Waals surface area contributed by atoms with Gasteiger partial charge in [0.15, 0.2) is 11.0 Å². The number of carbonyl (C=O) groups excluding carboxylic acids is 2. The van der Waals surface area contributed by atoms with Gasteiger partial charge in [-0.25, -0.2) is 4.79 Å². The van der Waals surface area contributed by atoms with Crippen LogP contribution < -0.4 is 14.8 Å². The van der Waals surface area contributed by atoms with E-state index >= 15 is 0 Å². The number of halogens is 2. The number of benzene rings is 2. The number of ether oxygens (including phenoxy) is 3. The molecule has 0 spiro atoms. The Hall–Kier alpha value is -3.25. The first-order valence-electron chi connectivity index (χ1n) is 11.6. The first-order chi connectivity index (χ1) is 18.8.